The lowest BCUT2D eigenvalue weighted by Gasteiger charge is -2.49. The van der Waals surface area contributed by atoms with Gasteiger partial charge in [-0.05, 0) is 68.5 Å². The third-order valence-electron chi connectivity index (χ3n) is 9.05. The summed E-state index contributed by atoms with van der Waals surface area (Å²) in [6.07, 6.45) is 2.56. The van der Waals surface area contributed by atoms with Gasteiger partial charge in [0.05, 0.1) is 33.9 Å². The molecule has 3 fully saturated rings. The highest BCUT2D eigenvalue weighted by molar-refractivity contribution is 6.31. The van der Waals surface area contributed by atoms with E-state index in [4.69, 9.17) is 11.6 Å². The molecule has 0 bridgehead atoms. The Bertz CT molecular complexity index is 1460. The zero-order valence-electron chi connectivity index (χ0n) is 20.9. The minimum Gasteiger partial charge on any atom is -0.508 e. The molecule has 2 aromatic carbocycles. The Balaban J connectivity index is 1.53. The highest BCUT2D eigenvalue weighted by atomic mass is 35.5. The van der Waals surface area contributed by atoms with Gasteiger partial charge in [-0.3, -0.25) is 24.1 Å². The number of amides is 4. The molecule has 7 nitrogen and oxygen atoms in total. The van der Waals surface area contributed by atoms with Gasteiger partial charge in [-0.25, -0.2) is 9.29 Å². The van der Waals surface area contributed by atoms with Gasteiger partial charge in [0.25, 0.3) is 0 Å². The number of aromatic hydroxyl groups is 1. The lowest BCUT2D eigenvalue weighted by molar-refractivity contribution is -0.140. The van der Waals surface area contributed by atoms with Crippen LogP contribution in [-0.2, 0) is 19.2 Å². The summed E-state index contributed by atoms with van der Waals surface area (Å²) in [5.74, 6) is -4.92. The van der Waals surface area contributed by atoms with Crippen LogP contribution in [-0.4, -0.2) is 40.2 Å². The quantitative estimate of drug-likeness (QED) is 0.462. The standard InChI is InChI=1S/C29H26ClFN2O5/c1-3-32-25(35)18-9-8-17-19(23(18)27(32)37)13-20-26(36)33(15-7-10-22(31)21(30)12-15)28(38)29(20,2)24(17)14-5-4-6-16(34)11-14/h4-8,10-12,18-20,23-24,34H,3,9,13H2,1-2H3/t18-,19+,20-,23-,24-,29+/m0/s1. The minimum absolute atomic E-state index is 0.0160. The van der Waals surface area contributed by atoms with Crippen LogP contribution >= 0.6 is 11.6 Å². The van der Waals surface area contributed by atoms with E-state index in [-0.39, 0.29) is 41.2 Å². The molecule has 4 amide bonds. The first-order valence-corrected chi connectivity index (χ1v) is 13.1. The van der Waals surface area contributed by atoms with E-state index in [2.05, 4.69) is 0 Å². The van der Waals surface area contributed by atoms with E-state index in [1.165, 1.54) is 23.1 Å². The molecule has 1 saturated carbocycles. The number of phenols is 1. The number of carbonyl (C=O) groups excluding carboxylic acids is 4. The van der Waals surface area contributed by atoms with Crippen LogP contribution in [0.25, 0.3) is 0 Å². The molecule has 2 aromatic rings. The number of likely N-dealkylation sites (tertiary alicyclic amines) is 1. The lowest BCUT2D eigenvalue weighted by atomic mass is 9.51. The van der Waals surface area contributed by atoms with Gasteiger partial charge in [-0.2, -0.15) is 0 Å². The molecule has 0 aromatic heterocycles. The number of anilines is 1. The van der Waals surface area contributed by atoms with E-state index < -0.39 is 52.6 Å². The average molecular weight is 537 g/mol. The van der Waals surface area contributed by atoms with Crippen LogP contribution < -0.4 is 4.90 Å². The predicted octanol–water partition coefficient (Wildman–Crippen LogP) is 4.44. The summed E-state index contributed by atoms with van der Waals surface area (Å²) in [5.41, 5.74) is 0.429. The van der Waals surface area contributed by atoms with E-state index in [1.54, 1.807) is 32.0 Å². The van der Waals surface area contributed by atoms with Crippen LogP contribution in [0.15, 0.2) is 54.1 Å². The highest BCUT2D eigenvalue weighted by Crippen LogP contribution is 2.63. The second kappa shape index (κ2) is 8.50. The van der Waals surface area contributed by atoms with Crippen molar-refractivity contribution in [3.63, 3.8) is 0 Å². The first-order valence-electron chi connectivity index (χ1n) is 12.8. The van der Waals surface area contributed by atoms with Crippen LogP contribution in [0, 0.1) is 34.9 Å². The molecule has 2 aliphatic carbocycles. The second-order valence-electron chi connectivity index (χ2n) is 10.8. The first-order chi connectivity index (χ1) is 18.1. The first kappa shape index (κ1) is 24.8. The molecule has 2 heterocycles. The summed E-state index contributed by atoms with van der Waals surface area (Å²) in [7, 11) is 0. The fourth-order valence-electron chi connectivity index (χ4n) is 7.35. The van der Waals surface area contributed by atoms with E-state index >= 15 is 0 Å². The van der Waals surface area contributed by atoms with Gasteiger partial charge in [0.1, 0.15) is 11.6 Å². The number of hydrogen-bond donors (Lipinski definition) is 1. The number of imide groups is 2. The van der Waals surface area contributed by atoms with Crippen LogP contribution in [0.1, 0.15) is 38.2 Å². The fraction of sp³-hybridized carbons (Fsp3) is 0.379. The summed E-state index contributed by atoms with van der Waals surface area (Å²) >= 11 is 6.00. The molecule has 196 valence electrons. The van der Waals surface area contributed by atoms with Crippen molar-refractivity contribution in [2.24, 2.45) is 29.1 Å². The Morgan fingerprint density at radius 2 is 1.82 bits per heavy atom. The third kappa shape index (κ3) is 3.19. The van der Waals surface area contributed by atoms with Gasteiger partial charge in [0.2, 0.25) is 23.6 Å². The van der Waals surface area contributed by atoms with Crippen LogP contribution in [0.2, 0.25) is 5.02 Å². The maximum Gasteiger partial charge on any atom is 0.241 e. The number of rotatable bonds is 3. The van der Waals surface area contributed by atoms with Crippen LogP contribution in [0.5, 0.6) is 5.75 Å². The zero-order chi connectivity index (χ0) is 27.1. The highest BCUT2D eigenvalue weighted by Gasteiger charge is 2.67. The molecule has 2 aliphatic heterocycles. The Morgan fingerprint density at radius 1 is 1.05 bits per heavy atom. The van der Waals surface area contributed by atoms with Crippen molar-refractivity contribution in [1.82, 2.24) is 4.90 Å². The molecular weight excluding hydrogens is 511 g/mol. The molecule has 2 saturated heterocycles. The fourth-order valence-corrected chi connectivity index (χ4v) is 7.52. The largest absolute Gasteiger partial charge is 0.508 e. The number of nitrogens with zero attached hydrogens (tertiary/aromatic N) is 2. The maximum absolute atomic E-state index is 14.2. The summed E-state index contributed by atoms with van der Waals surface area (Å²) in [6, 6.07) is 10.3. The molecule has 1 N–H and O–H groups in total. The Hall–Kier alpha value is -3.52. The van der Waals surface area contributed by atoms with E-state index in [1.807, 2.05) is 6.08 Å². The molecule has 0 spiro atoms. The van der Waals surface area contributed by atoms with Gasteiger partial charge >= 0.3 is 0 Å². The summed E-state index contributed by atoms with van der Waals surface area (Å²) < 4.78 is 13.9. The summed E-state index contributed by atoms with van der Waals surface area (Å²) in [4.78, 5) is 57.0. The molecular formula is C29H26ClFN2O5. The van der Waals surface area contributed by atoms with Gasteiger partial charge in [0, 0.05) is 12.5 Å². The molecule has 0 radical (unpaired) electrons. The van der Waals surface area contributed by atoms with Crippen LogP contribution in [0.4, 0.5) is 10.1 Å². The number of benzene rings is 2. The molecule has 9 heteroatoms. The Kier molecular flexibility index (Phi) is 5.54. The van der Waals surface area contributed by atoms with Crippen molar-refractivity contribution in [2.75, 3.05) is 11.4 Å². The third-order valence-corrected chi connectivity index (χ3v) is 9.34. The smallest absolute Gasteiger partial charge is 0.241 e. The lowest BCUT2D eigenvalue weighted by Crippen LogP contribution is -2.48. The van der Waals surface area contributed by atoms with E-state index in [0.717, 1.165) is 16.5 Å². The Morgan fingerprint density at radius 3 is 2.50 bits per heavy atom. The van der Waals surface area contributed by atoms with Gasteiger partial charge in [-0.1, -0.05) is 35.4 Å². The molecule has 6 atom stereocenters. The van der Waals surface area contributed by atoms with Gasteiger partial charge in [0.15, 0.2) is 0 Å². The maximum atomic E-state index is 14.2. The average Bonchev–Trinajstić information content (AvgIpc) is 3.25. The SMILES string of the molecule is CCN1C(=O)[C@H]2[C@H](CC=C3[C@H]2C[C@H]2C(=O)N(c4ccc(F)c(Cl)c4)C(=O)[C@@]2(C)[C@H]3c2cccc(O)c2)C1=O. The number of halogens is 2. The van der Waals surface area contributed by atoms with Crippen molar-refractivity contribution < 1.29 is 28.7 Å². The molecule has 0 unspecified atom stereocenters. The normalized spacial score (nSPS) is 32.3. The molecule has 6 rings (SSSR count). The predicted molar refractivity (Wildman–Crippen MR) is 137 cm³/mol. The number of allylic oxidation sites excluding steroid dienone is 2. The van der Waals surface area contributed by atoms with E-state index in [9.17, 15) is 28.7 Å². The summed E-state index contributed by atoms with van der Waals surface area (Å²) in [5, 5.41) is 10.1. The summed E-state index contributed by atoms with van der Waals surface area (Å²) in [6.45, 7) is 3.79. The molecule has 38 heavy (non-hydrogen) atoms. The van der Waals surface area contributed by atoms with Gasteiger partial charge in [-0.15, -0.1) is 0 Å². The minimum atomic E-state index is -1.24. The zero-order valence-corrected chi connectivity index (χ0v) is 21.6. The topological polar surface area (TPSA) is 95.0 Å². The van der Waals surface area contributed by atoms with E-state index in [0.29, 0.717) is 12.0 Å². The number of fused-ring (bicyclic) bond motifs is 4. The van der Waals surface area contributed by atoms with Crippen molar-refractivity contribution in [3.8, 4) is 5.75 Å². The van der Waals surface area contributed by atoms with Crippen molar-refractivity contribution in [1.29, 1.82) is 0 Å². The monoisotopic (exact) mass is 536 g/mol. The van der Waals surface area contributed by atoms with Crippen molar-refractivity contribution in [2.45, 2.75) is 32.6 Å². The number of phenolic OH excluding ortho intramolecular Hbond substituents is 1. The van der Waals surface area contributed by atoms with Crippen LogP contribution in [0.3, 0.4) is 0 Å². The number of carbonyl (C=O) groups is 4. The second-order valence-corrected chi connectivity index (χ2v) is 11.2. The Labute approximate surface area is 223 Å². The number of hydrogen-bond acceptors (Lipinski definition) is 5. The van der Waals surface area contributed by atoms with Crippen molar-refractivity contribution in [3.05, 3.63) is 70.5 Å². The van der Waals surface area contributed by atoms with Crippen molar-refractivity contribution >= 4 is 40.9 Å². The molecule has 4 aliphatic rings. The van der Waals surface area contributed by atoms with Gasteiger partial charge < -0.3 is 5.11 Å².